The van der Waals surface area contributed by atoms with Gasteiger partial charge in [-0.3, -0.25) is 0 Å². The Kier molecular flexibility index (Phi) is 3.24. The molecule has 0 spiro atoms. The molecule has 1 aliphatic carbocycles. The van der Waals surface area contributed by atoms with Gasteiger partial charge in [0, 0.05) is 17.1 Å². The molecule has 6 heteroatoms. The number of alkyl halides is 3. The van der Waals surface area contributed by atoms with Crippen molar-refractivity contribution in [1.29, 1.82) is 0 Å². The maximum atomic E-state index is 13.1. The van der Waals surface area contributed by atoms with Gasteiger partial charge in [0.15, 0.2) is 0 Å². The third-order valence-electron chi connectivity index (χ3n) is 3.83. The van der Waals surface area contributed by atoms with Gasteiger partial charge in [-0.1, -0.05) is 13.8 Å². The molecule has 1 aromatic rings. The van der Waals surface area contributed by atoms with Crippen LogP contribution in [0.25, 0.3) is 0 Å². The van der Waals surface area contributed by atoms with E-state index in [2.05, 4.69) is 5.32 Å². The Labute approximate surface area is 108 Å². The molecule has 1 aliphatic rings. The van der Waals surface area contributed by atoms with Gasteiger partial charge in [0.2, 0.25) is 0 Å². The van der Waals surface area contributed by atoms with Gasteiger partial charge >= 0.3 is 6.18 Å². The second kappa shape index (κ2) is 4.37. The average molecular weight is 277 g/mol. The van der Waals surface area contributed by atoms with E-state index in [0.29, 0.717) is 6.42 Å². The molecule has 0 aliphatic heterocycles. The van der Waals surface area contributed by atoms with E-state index in [9.17, 15) is 22.7 Å². The van der Waals surface area contributed by atoms with E-state index in [0.717, 1.165) is 12.1 Å². The summed E-state index contributed by atoms with van der Waals surface area (Å²) in [6, 6.07) is 2.70. The van der Waals surface area contributed by atoms with Gasteiger partial charge in [0.1, 0.15) is 5.82 Å². The Morgan fingerprint density at radius 3 is 2.42 bits per heavy atom. The number of aliphatic hydroxyl groups is 1. The van der Waals surface area contributed by atoms with Gasteiger partial charge in [-0.2, -0.15) is 13.2 Å². The minimum Gasteiger partial charge on any atom is -0.392 e. The van der Waals surface area contributed by atoms with Crippen LogP contribution in [0.3, 0.4) is 0 Å². The fraction of sp³-hybridized carbons (Fsp3) is 0.538. The summed E-state index contributed by atoms with van der Waals surface area (Å²) in [5.41, 5.74) is -1.49. The monoisotopic (exact) mass is 277 g/mol. The van der Waals surface area contributed by atoms with Crippen molar-refractivity contribution in [2.45, 2.75) is 38.6 Å². The lowest BCUT2D eigenvalue weighted by Crippen LogP contribution is -2.56. The van der Waals surface area contributed by atoms with Crippen LogP contribution in [-0.4, -0.2) is 17.3 Å². The molecule has 0 aromatic heterocycles. The van der Waals surface area contributed by atoms with Gasteiger partial charge in [0.25, 0.3) is 0 Å². The Morgan fingerprint density at radius 1 is 1.32 bits per heavy atom. The largest absolute Gasteiger partial charge is 0.419 e. The molecule has 1 fully saturated rings. The van der Waals surface area contributed by atoms with Crippen LogP contribution >= 0.6 is 0 Å². The topological polar surface area (TPSA) is 32.3 Å². The molecule has 2 rings (SSSR count). The summed E-state index contributed by atoms with van der Waals surface area (Å²) in [4.78, 5) is 0. The Bertz CT molecular complexity index is 484. The van der Waals surface area contributed by atoms with Crippen molar-refractivity contribution in [3.8, 4) is 0 Å². The number of rotatable bonds is 2. The van der Waals surface area contributed by atoms with E-state index in [1.54, 1.807) is 0 Å². The van der Waals surface area contributed by atoms with E-state index in [1.807, 2.05) is 13.8 Å². The van der Waals surface area contributed by atoms with Gasteiger partial charge in [-0.15, -0.1) is 0 Å². The average Bonchev–Trinajstić information content (AvgIpc) is 2.29. The predicted octanol–water partition coefficient (Wildman–Crippen LogP) is 3.42. The Morgan fingerprint density at radius 2 is 1.95 bits per heavy atom. The number of anilines is 1. The number of benzene rings is 1. The van der Waals surface area contributed by atoms with E-state index in [1.165, 1.54) is 6.07 Å². The zero-order valence-electron chi connectivity index (χ0n) is 10.6. The quantitative estimate of drug-likeness (QED) is 0.812. The summed E-state index contributed by atoms with van der Waals surface area (Å²) in [6.45, 7) is 3.65. The number of hydrogen-bond donors (Lipinski definition) is 2. The van der Waals surface area contributed by atoms with Crippen LogP contribution in [0.4, 0.5) is 23.2 Å². The van der Waals surface area contributed by atoms with Crippen molar-refractivity contribution < 1.29 is 22.7 Å². The molecular weight excluding hydrogens is 262 g/mol. The van der Waals surface area contributed by atoms with Crippen LogP contribution in [0, 0.1) is 11.2 Å². The summed E-state index contributed by atoms with van der Waals surface area (Å²) in [5, 5.41) is 12.5. The van der Waals surface area contributed by atoms with E-state index < -0.39 is 29.1 Å². The van der Waals surface area contributed by atoms with Gasteiger partial charge in [-0.25, -0.2) is 4.39 Å². The van der Waals surface area contributed by atoms with Crippen molar-refractivity contribution in [1.82, 2.24) is 0 Å². The normalized spacial score (nSPS) is 25.8. The van der Waals surface area contributed by atoms with Crippen LogP contribution in [0.5, 0.6) is 0 Å². The summed E-state index contributed by atoms with van der Waals surface area (Å²) in [6.07, 6.45) is -4.73. The first kappa shape index (κ1) is 14.1. The summed E-state index contributed by atoms with van der Waals surface area (Å²) >= 11 is 0. The maximum absolute atomic E-state index is 13.1. The first-order chi connectivity index (χ1) is 8.62. The van der Waals surface area contributed by atoms with Crippen molar-refractivity contribution in [3.05, 3.63) is 29.6 Å². The first-order valence-corrected chi connectivity index (χ1v) is 5.93. The van der Waals surface area contributed by atoms with Crippen LogP contribution in [0.15, 0.2) is 18.2 Å². The lowest BCUT2D eigenvalue weighted by atomic mass is 9.64. The standard InChI is InChI=1S/C13H15F4NO/c1-12(2)10(6-11(12)19)18-7-3-4-9(14)8(5-7)13(15,16)17/h3-5,10-11,18-19H,6H2,1-2H3. The molecule has 2 unspecified atom stereocenters. The molecule has 0 saturated heterocycles. The van der Waals surface area contributed by atoms with Crippen molar-refractivity contribution in [2.24, 2.45) is 5.41 Å². The SMILES string of the molecule is CC1(C)C(O)CC1Nc1ccc(F)c(C(F)(F)F)c1. The smallest absolute Gasteiger partial charge is 0.392 e. The Balaban J connectivity index is 2.19. The van der Waals surface area contributed by atoms with Gasteiger partial charge in [0.05, 0.1) is 11.7 Å². The molecule has 2 atom stereocenters. The molecule has 106 valence electrons. The second-order valence-electron chi connectivity index (χ2n) is 5.46. The van der Waals surface area contributed by atoms with Gasteiger partial charge < -0.3 is 10.4 Å². The Hall–Kier alpha value is -1.30. The van der Waals surface area contributed by atoms with Crippen molar-refractivity contribution in [2.75, 3.05) is 5.32 Å². The zero-order valence-corrected chi connectivity index (χ0v) is 10.6. The number of halogens is 4. The van der Waals surface area contributed by atoms with Gasteiger partial charge in [-0.05, 0) is 24.6 Å². The zero-order chi connectivity index (χ0) is 14.4. The second-order valence-corrected chi connectivity index (χ2v) is 5.46. The lowest BCUT2D eigenvalue weighted by molar-refractivity contribution is -0.139. The molecule has 0 bridgehead atoms. The highest BCUT2D eigenvalue weighted by molar-refractivity contribution is 5.49. The molecule has 2 nitrogen and oxygen atoms in total. The van der Waals surface area contributed by atoms with Crippen molar-refractivity contribution in [3.63, 3.8) is 0 Å². The summed E-state index contributed by atoms with van der Waals surface area (Å²) in [5.74, 6) is -1.29. The van der Waals surface area contributed by atoms with E-state index >= 15 is 0 Å². The minimum atomic E-state index is -4.71. The fourth-order valence-electron chi connectivity index (χ4n) is 2.18. The molecule has 0 heterocycles. The van der Waals surface area contributed by atoms with E-state index in [-0.39, 0.29) is 11.7 Å². The summed E-state index contributed by atoms with van der Waals surface area (Å²) < 4.78 is 50.8. The fourth-order valence-corrected chi connectivity index (χ4v) is 2.18. The highest BCUT2D eigenvalue weighted by Gasteiger charge is 2.47. The van der Waals surface area contributed by atoms with Crippen LogP contribution in [0.1, 0.15) is 25.8 Å². The molecule has 1 saturated carbocycles. The first-order valence-electron chi connectivity index (χ1n) is 5.93. The molecule has 0 radical (unpaired) electrons. The number of hydrogen-bond acceptors (Lipinski definition) is 2. The molecule has 19 heavy (non-hydrogen) atoms. The van der Waals surface area contributed by atoms with Crippen LogP contribution in [-0.2, 0) is 6.18 Å². The van der Waals surface area contributed by atoms with Crippen LogP contribution < -0.4 is 5.32 Å². The molecular formula is C13H15F4NO. The lowest BCUT2D eigenvalue weighted by Gasteiger charge is -2.49. The summed E-state index contributed by atoms with van der Waals surface area (Å²) in [7, 11) is 0. The highest BCUT2D eigenvalue weighted by Crippen LogP contribution is 2.42. The van der Waals surface area contributed by atoms with Crippen LogP contribution in [0.2, 0.25) is 0 Å². The predicted molar refractivity (Wildman–Crippen MR) is 63.2 cm³/mol. The third-order valence-corrected chi connectivity index (χ3v) is 3.83. The number of nitrogens with one attached hydrogen (secondary N) is 1. The maximum Gasteiger partial charge on any atom is 0.419 e. The van der Waals surface area contributed by atoms with Crippen molar-refractivity contribution >= 4 is 5.69 Å². The number of aliphatic hydroxyl groups excluding tert-OH is 1. The molecule has 2 N–H and O–H groups in total. The minimum absolute atomic E-state index is 0.131. The molecule has 1 aromatic carbocycles. The van der Waals surface area contributed by atoms with E-state index in [4.69, 9.17) is 0 Å². The highest BCUT2D eigenvalue weighted by atomic mass is 19.4. The molecule has 0 amide bonds. The third kappa shape index (κ3) is 2.54.